The molecule has 2 nitrogen and oxygen atoms in total. The van der Waals surface area contributed by atoms with Crippen molar-refractivity contribution in [2.24, 2.45) is 0 Å². The molecule has 0 aliphatic carbocycles. The number of aliphatic hydroxyl groups is 1. The van der Waals surface area contributed by atoms with Crippen LogP contribution in [-0.2, 0) is 25.8 Å². The second kappa shape index (κ2) is 5.16. The Morgan fingerprint density at radius 2 is 2.56 bits per heavy atom. The molecule has 0 amide bonds. The molecule has 52 valence electrons. The molecule has 0 radical (unpaired) electrons. The molecule has 1 heterocycles. The molecule has 1 aliphatic heterocycles. The zero-order valence-electron chi connectivity index (χ0n) is 4.99. The van der Waals surface area contributed by atoms with Gasteiger partial charge in [-0.15, -0.1) is 0 Å². The van der Waals surface area contributed by atoms with Gasteiger partial charge in [-0.05, 0) is 6.10 Å². The van der Waals surface area contributed by atoms with Crippen LogP contribution in [0.4, 0.5) is 0 Å². The summed E-state index contributed by atoms with van der Waals surface area (Å²) in [6.07, 6.45) is 5.64. The Balaban J connectivity index is 0.000000640. The summed E-state index contributed by atoms with van der Waals surface area (Å²) in [6, 6.07) is 0. The Kier molecular flexibility index (Phi) is 5.36. The SMILES string of the molecule is OC[CH-]C1C=CCO1.[W]. The summed E-state index contributed by atoms with van der Waals surface area (Å²) in [6.45, 7) is 0.774. The van der Waals surface area contributed by atoms with Gasteiger partial charge in [0.15, 0.2) is 0 Å². The summed E-state index contributed by atoms with van der Waals surface area (Å²) in [7, 11) is 0. The molecule has 0 saturated heterocycles. The summed E-state index contributed by atoms with van der Waals surface area (Å²) < 4.78 is 5.07. The van der Waals surface area contributed by atoms with Gasteiger partial charge < -0.3 is 9.84 Å². The van der Waals surface area contributed by atoms with Crippen LogP contribution in [0, 0.1) is 6.42 Å². The second-order valence-electron chi connectivity index (χ2n) is 1.64. The minimum atomic E-state index is 0. The average Bonchev–Trinajstić information content (AvgIpc) is 2.19. The van der Waals surface area contributed by atoms with Crippen molar-refractivity contribution in [2.45, 2.75) is 6.10 Å². The molecule has 1 atom stereocenters. The normalized spacial score (nSPS) is 23.9. The number of ether oxygens (including phenoxy) is 1. The van der Waals surface area contributed by atoms with E-state index in [4.69, 9.17) is 9.84 Å². The summed E-state index contributed by atoms with van der Waals surface area (Å²) in [5.41, 5.74) is 0. The fourth-order valence-electron chi connectivity index (χ4n) is 0.662. The molecule has 0 bridgehead atoms. The van der Waals surface area contributed by atoms with Crippen LogP contribution in [0.2, 0.25) is 0 Å². The van der Waals surface area contributed by atoms with Crippen molar-refractivity contribution in [2.75, 3.05) is 13.2 Å². The van der Waals surface area contributed by atoms with Crippen LogP contribution in [0.1, 0.15) is 0 Å². The molecular formula is C6H9O2W-. The first-order chi connectivity index (χ1) is 3.93. The zero-order valence-corrected chi connectivity index (χ0v) is 7.92. The largest absolute Gasteiger partial charge is 0.428 e. The fourth-order valence-corrected chi connectivity index (χ4v) is 0.662. The molecule has 0 aromatic rings. The van der Waals surface area contributed by atoms with E-state index in [0.717, 1.165) is 0 Å². The van der Waals surface area contributed by atoms with Gasteiger partial charge in [0.05, 0.1) is 6.61 Å². The molecule has 1 N–H and O–H groups in total. The third-order valence-corrected chi connectivity index (χ3v) is 1.05. The second-order valence-corrected chi connectivity index (χ2v) is 1.64. The maximum atomic E-state index is 8.36. The summed E-state index contributed by atoms with van der Waals surface area (Å²) in [5, 5.41) is 8.36. The quantitative estimate of drug-likeness (QED) is 0.580. The standard InChI is InChI=1S/C6H9O2.W/c7-4-3-6-2-1-5-8-6;/h1-3,6-7H,4-5H2;/q-1;. The van der Waals surface area contributed by atoms with Crippen molar-refractivity contribution in [3.05, 3.63) is 18.6 Å². The van der Waals surface area contributed by atoms with Crippen LogP contribution in [0.15, 0.2) is 12.2 Å². The Labute approximate surface area is 69.2 Å². The van der Waals surface area contributed by atoms with Crippen LogP contribution >= 0.6 is 0 Å². The van der Waals surface area contributed by atoms with E-state index in [-0.39, 0.29) is 33.8 Å². The topological polar surface area (TPSA) is 29.5 Å². The molecule has 0 spiro atoms. The number of hydrogen-bond acceptors (Lipinski definition) is 2. The smallest absolute Gasteiger partial charge is 0.0619 e. The molecular weight excluding hydrogens is 288 g/mol. The third kappa shape index (κ3) is 3.14. The van der Waals surface area contributed by atoms with E-state index >= 15 is 0 Å². The van der Waals surface area contributed by atoms with Gasteiger partial charge >= 0.3 is 0 Å². The van der Waals surface area contributed by atoms with E-state index in [2.05, 4.69) is 0 Å². The first-order valence-electron chi connectivity index (χ1n) is 2.66. The Morgan fingerprint density at radius 3 is 3.00 bits per heavy atom. The number of hydrogen-bond donors (Lipinski definition) is 1. The predicted molar refractivity (Wildman–Crippen MR) is 30.3 cm³/mol. The van der Waals surface area contributed by atoms with E-state index < -0.39 is 0 Å². The Bertz CT molecular complexity index is 93.1. The van der Waals surface area contributed by atoms with Crippen molar-refractivity contribution in [1.82, 2.24) is 0 Å². The fraction of sp³-hybridized carbons (Fsp3) is 0.500. The van der Waals surface area contributed by atoms with Crippen molar-refractivity contribution in [3.63, 3.8) is 0 Å². The van der Waals surface area contributed by atoms with E-state index in [0.29, 0.717) is 6.61 Å². The zero-order chi connectivity index (χ0) is 5.82. The van der Waals surface area contributed by atoms with E-state index in [1.165, 1.54) is 0 Å². The van der Waals surface area contributed by atoms with E-state index in [1.54, 1.807) is 6.42 Å². The molecule has 1 unspecified atom stereocenters. The van der Waals surface area contributed by atoms with Crippen LogP contribution in [0.5, 0.6) is 0 Å². The minimum Gasteiger partial charge on any atom is -0.428 e. The van der Waals surface area contributed by atoms with Gasteiger partial charge in [-0.2, -0.15) is 0 Å². The van der Waals surface area contributed by atoms with E-state index in [1.807, 2.05) is 12.2 Å². The molecule has 0 saturated carbocycles. The Morgan fingerprint density at radius 1 is 1.78 bits per heavy atom. The average molecular weight is 297 g/mol. The van der Waals surface area contributed by atoms with Gasteiger partial charge in [0, 0.05) is 21.1 Å². The number of rotatable bonds is 2. The maximum absolute atomic E-state index is 8.36. The van der Waals surface area contributed by atoms with Gasteiger partial charge in [-0.25, -0.2) is 0 Å². The monoisotopic (exact) mass is 297 g/mol. The minimum absolute atomic E-state index is 0. The molecule has 0 fully saturated rings. The molecule has 3 heteroatoms. The summed E-state index contributed by atoms with van der Waals surface area (Å²) in [4.78, 5) is 0. The first-order valence-corrected chi connectivity index (χ1v) is 2.66. The first kappa shape index (κ1) is 9.35. The summed E-state index contributed by atoms with van der Waals surface area (Å²) in [5.74, 6) is 0. The molecule has 0 aromatic heterocycles. The van der Waals surface area contributed by atoms with Gasteiger partial charge in [0.1, 0.15) is 0 Å². The van der Waals surface area contributed by atoms with Crippen molar-refractivity contribution >= 4 is 0 Å². The Hall–Kier alpha value is 0.348. The maximum Gasteiger partial charge on any atom is 0.0619 e. The van der Waals surface area contributed by atoms with Crippen LogP contribution < -0.4 is 0 Å². The van der Waals surface area contributed by atoms with Crippen LogP contribution in [-0.4, -0.2) is 24.4 Å². The van der Waals surface area contributed by atoms with E-state index in [9.17, 15) is 0 Å². The molecule has 1 aliphatic rings. The number of aliphatic hydroxyl groups excluding tert-OH is 1. The van der Waals surface area contributed by atoms with Gasteiger partial charge in [0.25, 0.3) is 0 Å². The third-order valence-electron chi connectivity index (χ3n) is 1.05. The van der Waals surface area contributed by atoms with Crippen LogP contribution in [0.25, 0.3) is 0 Å². The molecule has 1 rings (SSSR count). The summed E-state index contributed by atoms with van der Waals surface area (Å²) >= 11 is 0. The van der Waals surface area contributed by atoms with Crippen molar-refractivity contribution in [3.8, 4) is 0 Å². The molecule has 0 aromatic carbocycles. The van der Waals surface area contributed by atoms with Gasteiger partial charge in [0.2, 0.25) is 0 Å². The van der Waals surface area contributed by atoms with Crippen molar-refractivity contribution in [1.29, 1.82) is 0 Å². The van der Waals surface area contributed by atoms with Crippen molar-refractivity contribution < 1.29 is 30.9 Å². The predicted octanol–water partition coefficient (Wildman–Crippen LogP) is 0.135. The van der Waals surface area contributed by atoms with Gasteiger partial charge in [-0.1, -0.05) is 18.8 Å². The van der Waals surface area contributed by atoms with Crippen LogP contribution in [0.3, 0.4) is 0 Å². The molecule has 9 heavy (non-hydrogen) atoms. The van der Waals surface area contributed by atoms with Gasteiger partial charge in [-0.3, -0.25) is 6.42 Å².